The van der Waals surface area contributed by atoms with E-state index in [1.807, 2.05) is 38.1 Å². The molecule has 3 aromatic rings. The van der Waals surface area contributed by atoms with Crippen LogP contribution < -0.4 is 10.2 Å². The molecule has 1 aliphatic rings. The van der Waals surface area contributed by atoms with Crippen molar-refractivity contribution >= 4 is 29.3 Å². The molecule has 3 aromatic carbocycles. The van der Waals surface area contributed by atoms with Gasteiger partial charge in [-0.05, 0) is 49.7 Å². The van der Waals surface area contributed by atoms with Crippen LogP contribution in [0.15, 0.2) is 76.5 Å². The Hall–Kier alpha value is -3.12. The normalized spacial score (nSPS) is 13.8. The number of rotatable bonds is 5. The van der Waals surface area contributed by atoms with Crippen molar-refractivity contribution in [3.8, 4) is 0 Å². The minimum Gasteiger partial charge on any atom is -0.350 e. The van der Waals surface area contributed by atoms with Crippen LogP contribution in [0, 0.1) is 5.82 Å². The first kappa shape index (κ1) is 21.1. The van der Waals surface area contributed by atoms with E-state index in [1.54, 1.807) is 41.3 Å². The molecule has 0 fully saturated rings. The van der Waals surface area contributed by atoms with Gasteiger partial charge in [0.2, 0.25) is 0 Å². The van der Waals surface area contributed by atoms with Gasteiger partial charge in [-0.15, -0.1) is 0 Å². The summed E-state index contributed by atoms with van der Waals surface area (Å²) in [6.07, 6.45) is 0.819. The fraction of sp³-hybridized carbons (Fsp3) is 0.200. The number of benzene rings is 3. The summed E-state index contributed by atoms with van der Waals surface area (Å²) in [6, 6.07) is 19.2. The fourth-order valence-electron chi connectivity index (χ4n) is 3.42. The molecule has 0 spiro atoms. The Morgan fingerprint density at radius 2 is 1.81 bits per heavy atom. The van der Waals surface area contributed by atoms with Gasteiger partial charge in [-0.3, -0.25) is 9.59 Å². The summed E-state index contributed by atoms with van der Waals surface area (Å²) in [5.74, 6) is -0.778. The van der Waals surface area contributed by atoms with Crippen LogP contribution in [0.2, 0.25) is 0 Å². The van der Waals surface area contributed by atoms with Gasteiger partial charge in [-0.25, -0.2) is 4.39 Å². The van der Waals surface area contributed by atoms with E-state index in [0.29, 0.717) is 22.4 Å². The minimum atomic E-state index is -0.368. The zero-order valence-corrected chi connectivity index (χ0v) is 18.2. The summed E-state index contributed by atoms with van der Waals surface area (Å²) in [7, 11) is 0. The number of fused-ring (bicyclic) bond motifs is 2. The molecule has 1 heterocycles. The molecule has 1 atom stereocenters. The van der Waals surface area contributed by atoms with Gasteiger partial charge in [-0.1, -0.05) is 49.0 Å². The molecule has 4 rings (SSSR count). The monoisotopic (exact) mass is 434 g/mol. The smallest absolute Gasteiger partial charge is 0.259 e. The van der Waals surface area contributed by atoms with E-state index in [9.17, 15) is 14.0 Å². The molecular formula is C25H23FN2O2S. The lowest BCUT2D eigenvalue weighted by Gasteiger charge is -2.24. The first-order valence-corrected chi connectivity index (χ1v) is 11.1. The standard InChI is InChI=1S/C25H23FN2O2S/c1-3-16(2)27-24(29)17-12-13-23-21(14-17)28(15-18-8-4-6-10-20(18)26)25(30)19-9-5-7-11-22(19)31-23/h4-14,16H,3,15H2,1-2H3,(H,27,29)/t16-/m0/s1. The van der Waals surface area contributed by atoms with Crippen molar-refractivity contribution in [3.63, 3.8) is 0 Å². The van der Waals surface area contributed by atoms with Gasteiger partial charge in [0.05, 0.1) is 17.8 Å². The maximum Gasteiger partial charge on any atom is 0.259 e. The van der Waals surface area contributed by atoms with Gasteiger partial charge in [0.1, 0.15) is 5.82 Å². The summed E-state index contributed by atoms with van der Waals surface area (Å²) in [4.78, 5) is 29.5. The molecule has 0 bridgehead atoms. The van der Waals surface area contributed by atoms with Gasteiger partial charge in [0.25, 0.3) is 11.8 Å². The topological polar surface area (TPSA) is 49.4 Å². The van der Waals surface area contributed by atoms with Gasteiger partial charge in [0.15, 0.2) is 0 Å². The van der Waals surface area contributed by atoms with Crippen molar-refractivity contribution in [2.75, 3.05) is 4.90 Å². The number of nitrogens with one attached hydrogen (secondary N) is 1. The lowest BCUT2D eigenvalue weighted by molar-refractivity contribution is 0.0936. The van der Waals surface area contributed by atoms with Crippen LogP contribution in [0.4, 0.5) is 10.1 Å². The van der Waals surface area contributed by atoms with E-state index in [4.69, 9.17) is 0 Å². The zero-order valence-electron chi connectivity index (χ0n) is 17.4. The van der Waals surface area contributed by atoms with E-state index in [2.05, 4.69) is 5.32 Å². The van der Waals surface area contributed by atoms with Gasteiger partial charge < -0.3 is 10.2 Å². The summed E-state index contributed by atoms with van der Waals surface area (Å²) < 4.78 is 14.4. The average molecular weight is 435 g/mol. The number of hydrogen-bond donors (Lipinski definition) is 1. The number of carbonyl (C=O) groups is 2. The molecule has 4 nitrogen and oxygen atoms in total. The van der Waals surface area contributed by atoms with Crippen LogP contribution in [0.1, 0.15) is 46.5 Å². The van der Waals surface area contributed by atoms with E-state index < -0.39 is 0 Å². The van der Waals surface area contributed by atoms with Crippen molar-refractivity contribution in [1.82, 2.24) is 5.32 Å². The second-order valence-corrected chi connectivity index (χ2v) is 8.63. The molecule has 0 saturated heterocycles. The Morgan fingerprint density at radius 1 is 1.06 bits per heavy atom. The SMILES string of the molecule is CC[C@H](C)NC(=O)c1ccc2c(c1)N(Cc1ccccc1F)C(=O)c1ccccc1S2. The largest absolute Gasteiger partial charge is 0.350 e. The first-order chi connectivity index (χ1) is 15.0. The number of amides is 2. The third kappa shape index (κ3) is 4.35. The molecule has 158 valence electrons. The molecule has 0 radical (unpaired) electrons. The summed E-state index contributed by atoms with van der Waals surface area (Å²) in [5.41, 5.74) is 2.05. The first-order valence-electron chi connectivity index (χ1n) is 10.2. The number of halogens is 1. The van der Waals surface area contributed by atoms with Crippen LogP contribution in [0.25, 0.3) is 0 Å². The number of nitrogens with zero attached hydrogens (tertiary/aromatic N) is 1. The van der Waals surface area contributed by atoms with E-state index in [-0.39, 0.29) is 30.2 Å². The second kappa shape index (κ2) is 8.94. The van der Waals surface area contributed by atoms with Crippen molar-refractivity contribution in [1.29, 1.82) is 0 Å². The number of carbonyl (C=O) groups excluding carboxylic acids is 2. The van der Waals surface area contributed by atoms with Crippen LogP contribution >= 0.6 is 11.8 Å². The molecule has 0 aliphatic carbocycles. The molecular weight excluding hydrogens is 411 g/mol. The summed E-state index contributed by atoms with van der Waals surface area (Å²) in [5, 5.41) is 2.96. The molecule has 0 aromatic heterocycles. The quantitative estimate of drug-likeness (QED) is 0.563. The Morgan fingerprint density at radius 3 is 2.58 bits per heavy atom. The van der Waals surface area contributed by atoms with Crippen LogP contribution in [0.3, 0.4) is 0 Å². The van der Waals surface area contributed by atoms with Crippen LogP contribution in [-0.2, 0) is 6.54 Å². The average Bonchev–Trinajstić information content (AvgIpc) is 2.89. The predicted molar refractivity (Wildman–Crippen MR) is 121 cm³/mol. The van der Waals surface area contributed by atoms with E-state index in [0.717, 1.165) is 16.2 Å². The highest BCUT2D eigenvalue weighted by Crippen LogP contribution is 2.42. The molecule has 31 heavy (non-hydrogen) atoms. The van der Waals surface area contributed by atoms with Crippen molar-refractivity contribution in [2.24, 2.45) is 0 Å². The number of anilines is 1. The molecule has 6 heteroatoms. The minimum absolute atomic E-state index is 0.0427. The Bertz CT molecular complexity index is 1150. The molecule has 1 N–H and O–H groups in total. The third-order valence-corrected chi connectivity index (χ3v) is 6.51. The Kier molecular flexibility index (Phi) is 6.09. The van der Waals surface area contributed by atoms with Gasteiger partial charge in [0, 0.05) is 27.0 Å². The van der Waals surface area contributed by atoms with Crippen LogP contribution in [0.5, 0.6) is 0 Å². The van der Waals surface area contributed by atoms with Crippen molar-refractivity contribution < 1.29 is 14.0 Å². The lowest BCUT2D eigenvalue weighted by atomic mass is 10.1. The van der Waals surface area contributed by atoms with Gasteiger partial charge in [-0.2, -0.15) is 0 Å². The van der Waals surface area contributed by atoms with Crippen molar-refractivity contribution in [3.05, 3.63) is 89.2 Å². The molecule has 2 amide bonds. The highest BCUT2D eigenvalue weighted by molar-refractivity contribution is 7.99. The highest BCUT2D eigenvalue weighted by atomic mass is 32.2. The maximum atomic E-state index is 14.4. The zero-order chi connectivity index (χ0) is 22.0. The maximum absolute atomic E-state index is 14.4. The molecule has 0 unspecified atom stereocenters. The molecule has 0 saturated carbocycles. The Labute approximate surface area is 185 Å². The third-order valence-electron chi connectivity index (χ3n) is 5.37. The van der Waals surface area contributed by atoms with Gasteiger partial charge >= 0.3 is 0 Å². The summed E-state index contributed by atoms with van der Waals surface area (Å²) in [6.45, 7) is 4.02. The second-order valence-electron chi connectivity index (χ2n) is 7.55. The fourth-order valence-corrected chi connectivity index (χ4v) is 4.48. The molecule has 1 aliphatic heterocycles. The van der Waals surface area contributed by atoms with E-state index >= 15 is 0 Å². The van der Waals surface area contributed by atoms with E-state index in [1.165, 1.54) is 17.8 Å². The van der Waals surface area contributed by atoms with Crippen molar-refractivity contribution in [2.45, 2.75) is 42.6 Å². The lowest BCUT2D eigenvalue weighted by Crippen LogP contribution is -2.33. The Balaban J connectivity index is 1.80. The van der Waals surface area contributed by atoms with Crippen LogP contribution in [-0.4, -0.2) is 17.9 Å². The summed E-state index contributed by atoms with van der Waals surface area (Å²) >= 11 is 1.48. The number of hydrogen-bond acceptors (Lipinski definition) is 3. The highest BCUT2D eigenvalue weighted by Gasteiger charge is 2.28. The predicted octanol–water partition coefficient (Wildman–Crippen LogP) is 5.67.